The molecule has 1 aromatic heterocycles. The molecule has 1 fully saturated rings. The number of allylic oxidation sites excluding steroid dienone is 3. The molecule has 0 spiro atoms. The van der Waals surface area contributed by atoms with Gasteiger partial charge in [0.2, 0.25) is 0 Å². The van der Waals surface area contributed by atoms with Crippen LogP contribution in [0.15, 0.2) is 36.4 Å². The molecule has 36 heavy (non-hydrogen) atoms. The van der Waals surface area contributed by atoms with Crippen LogP contribution in [0.1, 0.15) is 83.4 Å². The summed E-state index contributed by atoms with van der Waals surface area (Å²) in [4.78, 5) is 6.73. The Kier molecular flexibility index (Phi) is 18.4. The van der Waals surface area contributed by atoms with Crippen molar-refractivity contribution in [2.24, 2.45) is 5.92 Å². The lowest BCUT2D eigenvalue weighted by Crippen LogP contribution is -2.35. The highest BCUT2D eigenvalue weighted by molar-refractivity contribution is 7.12. The van der Waals surface area contributed by atoms with Gasteiger partial charge in [-0.1, -0.05) is 52.0 Å². The maximum atomic E-state index is 10.0. The van der Waals surface area contributed by atoms with Crippen LogP contribution in [-0.2, 0) is 5.41 Å². The number of nitrogens with zero attached hydrogens (tertiary/aromatic N) is 5. The van der Waals surface area contributed by atoms with E-state index in [9.17, 15) is 5.26 Å². The van der Waals surface area contributed by atoms with E-state index in [1.165, 1.54) is 17.8 Å². The molecule has 1 saturated heterocycles. The second kappa shape index (κ2) is 19.7. The van der Waals surface area contributed by atoms with Crippen LogP contribution < -0.4 is 0 Å². The second-order valence-corrected chi connectivity index (χ2v) is 10.4. The van der Waals surface area contributed by atoms with Gasteiger partial charge in [-0.2, -0.15) is 15.8 Å². The van der Waals surface area contributed by atoms with Crippen molar-refractivity contribution < 1.29 is 0 Å². The number of hydrogen-bond acceptors (Lipinski definition) is 6. The normalized spacial score (nSPS) is 17.1. The Morgan fingerprint density at radius 2 is 1.83 bits per heavy atom. The van der Waals surface area contributed by atoms with Gasteiger partial charge in [0.25, 0.3) is 0 Å². The molecule has 0 N–H and O–H groups in total. The lowest BCUT2D eigenvalue weighted by atomic mass is 9.73. The number of likely N-dealkylation sites (N-methyl/N-ethyl adjacent to an activating group) is 1. The van der Waals surface area contributed by atoms with Crippen molar-refractivity contribution in [2.45, 2.75) is 85.1 Å². The van der Waals surface area contributed by atoms with Gasteiger partial charge in [-0.25, -0.2) is 0 Å². The Labute approximate surface area is 225 Å². The Morgan fingerprint density at radius 3 is 2.31 bits per heavy atom. The summed E-state index contributed by atoms with van der Waals surface area (Å²) >= 11 is 1.48. The van der Waals surface area contributed by atoms with E-state index in [4.69, 9.17) is 10.5 Å². The molecule has 0 saturated carbocycles. The molecule has 5 nitrogen and oxygen atoms in total. The highest BCUT2D eigenvalue weighted by Gasteiger charge is 2.37. The van der Waals surface area contributed by atoms with Crippen LogP contribution in [0.4, 0.5) is 0 Å². The molecule has 0 amide bonds. The van der Waals surface area contributed by atoms with E-state index in [2.05, 4.69) is 61.9 Å². The number of likely N-dealkylation sites (tertiary alicyclic amines) is 1. The third kappa shape index (κ3) is 11.5. The minimum atomic E-state index is -0.485. The largest absolute Gasteiger partial charge is 0.302 e. The van der Waals surface area contributed by atoms with Gasteiger partial charge < -0.3 is 4.90 Å². The minimum Gasteiger partial charge on any atom is -0.302 e. The summed E-state index contributed by atoms with van der Waals surface area (Å²) in [5.74, 6) is 0.227. The molecule has 0 radical (unpaired) electrons. The predicted octanol–water partition coefficient (Wildman–Crippen LogP) is 7.29. The van der Waals surface area contributed by atoms with Crippen molar-refractivity contribution in [1.29, 1.82) is 15.8 Å². The summed E-state index contributed by atoms with van der Waals surface area (Å²) in [7, 11) is 2.22. The lowest BCUT2D eigenvalue weighted by Gasteiger charge is -2.30. The number of nitriles is 3. The summed E-state index contributed by atoms with van der Waals surface area (Å²) in [5, 5.41) is 26.8. The van der Waals surface area contributed by atoms with Crippen molar-refractivity contribution in [3.63, 3.8) is 0 Å². The summed E-state index contributed by atoms with van der Waals surface area (Å²) in [5.41, 5.74) is -0.485. The van der Waals surface area contributed by atoms with Crippen LogP contribution in [0.3, 0.4) is 0 Å². The highest BCUT2D eigenvalue weighted by atomic mass is 32.1. The molecular formula is C30H47N5S. The van der Waals surface area contributed by atoms with Crippen LogP contribution in [-0.4, -0.2) is 49.1 Å². The lowest BCUT2D eigenvalue weighted by molar-refractivity contribution is 0.242. The Bertz CT molecular complexity index is 892. The molecule has 0 aliphatic carbocycles. The van der Waals surface area contributed by atoms with E-state index in [1.54, 1.807) is 0 Å². The van der Waals surface area contributed by atoms with E-state index < -0.39 is 5.41 Å². The van der Waals surface area contributed by atoms with Gasteiger partial charge in [-0.05, 0) is 77.7 Å². The van der Waals surface area contributed by atoms with Crippen molar-refractivity contribution in [3.8, 4) is 18.2 Å². The second-order valence-electron chi connectivity index (χ2n) is 9.36. The first kappa shape index (κ1) is 33.6. The fourth-order valence-electron chi connectivity index (χ4n) is 4.09. The monoisotopic (exact) mass is 509 g/mol. The number of rotatable bonds is 10. The SMILES string of the molecule is C/C=C\C.CC/C=C/CN(C)C1CCN(CCCC(C#N)(c2ccc(C#N)s2)C(C)C)C1.CCC#N. The molecule has 1 aliphatic heterocycles. The van der Waals surface area contributed by atoms with Crippen molar-refractivity contribution >= 4 is 11.3 Å². The Morgan fingerprint density at radius 1 is 1.17 bits per heavy atom. The van der Waals surface area contributed by atoms with Crippen molar-refractivity contribution in [1.82, 2.24) is 9.80 Å². The van der Waals surface area contributed by atoms with Crippen LogP contribution >= 0.6 is 11.3 Å². The molecular weight excluding hydrogens is 462 g/mol. The van der Waals surface area contributed by atoms with Gasteiger partial charge in [0.1, 0.15) is 10.9 Å². The molecule has 1 aromatic rings. The van der Waals surface area contributed by atoms with Gasteiger partial charge >= 0.3 is 0 Å². The summed E-state index contributed by atoms with van der Waals surface area (Å²) < 4.78 is 0. The van der Waals surface area contributed by atoms with Gasteiger partial charge in [-0.15, -0.1) is 11.3 Å². The average Bonchev–Trinajstić information content (AvgIpc) is 3.57. The van der Waals surface area contributed by atoms with Crippen LogP contribution in [0.2, 0.25) is 0 Å². The quantitative estimate of drug-likeness (QED) is 0.309. The van der Waals surface area contributed by atoms with E-state index in [0.717, 1.165) is 50.3 Å². The smallest absolute Gasteiger partial charge is 0.110 e. The van der Waals surface area contributed by atoms with E-state index in [0.29, 0.717) is 17.3 Å². The van der Waals surface area contributed by atoms with E-state index in [-0.39, 0.29) is 5.92 Å². The average molecular weight is 510 g/mol. The Balaban J connectivity index is 0.00000133. The first-order valence-corrected chi connectivity index (χ1v) is 14.0. The molecule has 1 aliphatic rings. The zero-order valence-electron chi connectivity index (χ0n) is 23.6. The first-order valence-electron chi connectivity index (χ1n) is 13.2. The fourth-order valence-corrected chi connectivity index (χ4v) is 5.21. The van der Waals surface area contributed by atoms with Crippen LogP contribution in [0, 0.1) is 39.9 Å². The molecule has 6 heteroatoms. The molecule has 0 bridgehead atoms. The minimum absolute atomic E-state index is 0.227. The molecule has 0 aromatic carbocycles. The summed E-state index contributed by atoms with van der Waals surface area (Å²) in [6.45, 7) is 16.6. The number of thiophene rings is 1. The topological polar surface area (TPSA) is 77.8 Å². The third-order valence-electron chi connectivity index (χ3n) is 6.54. The summed E-state index contributed by atoms with van der Waals surface area (Å²) in [6, 6.07) is 11.2. The zero-order valence-corrected chi connectivity index (χ0v) is 24.4. The fraction of sp³-hybridized carbons (Fsp3) is 0.633. The van der Waals surface area contributed by atoms with Gasteiger partial charge in [0.15, 0.2) is 0 Å². The highest BCUT2D eigenvalue weighted by Crippen LogP contribution is 2.40. The van der Waals surface area contributed by atoms with Gasteiger partial charge in [0, 0.05) is 30.4 Å². The maximum absolute atomic E-state index is 10.0. The molecule has 2 unspecified atom stereocenters. The van der Waals surface area contributed by atoms with Crippen molar-refractivity contribution in [3.05, 3.63) is 46.2 Å². The number of hydrogen-bond donors (Lipinski definition) is 0. The molecule has 2 rings (SSSR count). The van der Waals surface area contributed by atoms with E-state index in [1.807, 2.05) is 51.1 Å². The van der Waals surface area contributed by atoms with Gasteiger partial charge in [0.05, 0.1) is 17.6 Å². The van der Waals surface area contributed by atoms with E-state index >= 15 is 0 Å². The van der Waals surface area contributed by atoms with Crippen molar-refractivity contribution in [2.75, 3.05) is 33.2 Å². The van der Waals surface area contributed by atoms with Crippen LogP contribution in [0.25, 0.3) is 0 Å². The molecule has 2 atom stereocenters. The Hall–Kier alpha value is -2.43. The third-order valence-corrected chi connectivity index (χ3v) is 7.71. The predicted molar refractivity (Wildman–Crippen MR) is 154 cm³/mol. The standard InChI is InChI=1S/C23H34N4S.C4H8.C3H5N/c1-5-6-7-13-26(4)20-11-15-27(17-20)14-8-12-23(18-25,19(2)3)22-10-9-21(16-24)28-22;1-3-4-2;1-2-3-4/h6-7,9-10,19-20H,5,8,11-15,17H2,1-4H3;3-4H,1-2H3;2H2,1H3/b7-6+;4-3-;. The molecule has 198 valence electrons. The zero-order chi connectivity index (χ0) is 27.4. The van der Waals surface area contributed by atoms with Crippen LogP contribution in [0.5, 0.6) is 0 Å². The summed E-state index contributed by atoms with van der Waals surface area (Å²) in [6.07, 6.45) is 13.3. The maximum Gasteiger partial charge on any atom is 0.110 e. The molecule has 2 heterocycles. The van der Waals surface area contributed by atoms with Gasteiger partial charge in [-0.3, -0.25) is 4.90 Å². The first-order chi connectivity index (χ1) is 17.3.